The first kappa shape index (κ1) is 12.9. The lowest BCUT2D eigenvalue weighted by Crippen LogP contribution is -2.32. The third-order valence-electron chi connectivity index (χ3n) is 4.16. The summed E-state index contributed by atoms with van der Waals surface area (Å²) in [7, 11) is 0. The van der Waals surface area contributed by atoms with E-state index >= 15 is 0 Å². The number of ether oxygens (including phenoxy) is 1. The average molecular weight is 261 g/mol. The quantitative estimate of drug-likeness (QED) is 0.827. The molecule has 0 bridgehead atoms. The lowest BCUT2D eigenvalue weighted by Gasteiger charge is -2.23. The molecule has 3 nitrogen and oxygen atoms in total. The molecule has 0 spiro atoms. The van der Waals surface area contributed by atoms with Crippen LogP contribution in [0, 0.1) is 0 Å². The second-order valence-electron chi connectivity index (χ2n) is 5.98. The Morgan fingerprint density at radius 2 is 1.95 bits per heavy atom. The standard InChI is InChI=1S/C16H23NO2/c18-16(9-3-4-10-16)12-19-15-6-2-1-5-13(15)11-17-14-7-8-14/h1-2,5-6,14,17-18H,3-4,7-12H2. The highest BCUT2D eigenvalue weighted by Gasteiger charge is 2.32. The molecule has 0 atom stereocenters. The summed E-state index contributed by atoms with van der Waals surface area (Å²) < 4.78 is 5.89. The number of rotatable bonds is 6. The molecule has 3 rings (SSSR count). The molecule has 1 aromatic carbocycles. The lowest BCUT2D eigenvalue weighted by atomic mass is 10.0. The van der Waals surface area contributed by atoms with Crippen molar-refractivity contribution in [2.45, 2.75) is 56.7 Å². The van der Waals surface area contributed by atoms with Gasteiger partial charge in [0.25, 0.3) is 0 Å². The number of hydrogen-bond acceptors (Lipinski definition) is 3. The number of para-hydroxylation sites is 1. The van der Waals surface area contributed by atoms with Crippen molar-refractivity contribution in [3.8, 4) is 5.75 Å². The molecular weight excluding hydrogens is 238 g/mol. The Labute approximate surface area is 115 Å². The summed E-state index contributed by atoms with van der Waals surface area (Å²) in [5.74, 6) is 0.913. The molecule has 0 saturated heterocycles. The highest BCUT2D eigenvalue weighted by atomic mass is 16.5. The second kappa shape index (κ2) is 5.51. The fourth-order valence-electron chi connectivity index (χ4n) is 2.72. The van der Waals surface area contributed by atoms with E-state index in [0.29, 0.717) is 12.6 Å². The zero-order chi connectivity index (χ0) is 13.1. The van der Waals surface area contributed by atoms with Gasteiger partial charge in [-0.25, -0.2) is 0 Å². The molecule has 0 unspecified atom stereocenters. The third-order valence-corrected chi connectivity index (χ3v) is 4.16. The summed E-state index contributed by atoms with van der Waals surface area (Å²) in [5, 5.41) is 13.8. The van der Waals surface area contributed by atoms with Gasteiger partial charge in [0, 0.05) is 18.2 Å². The van der Waals surface area contributed by atoms with Crippen LogP contribution in [0.3, 0.4) is 0 Å². The Balaban J connectivity index is 1.59. The van der Waals surface area contributed by atoms with Crippen LogP contribution < -0.4 is 10.1 Å². The smallest absolute Gasteiger partial charge is 0.123 e. The van der Waals surface area contributed by atoms with Gasteiger partial charge in [0.2, 0.25) is 0 Å². The van der Waals surface area contributed by atoms with Crippen LogP contribution in [0.15, 0.2) is 24.3 Å². The van der Waals surface area contributed by atoms with E-state index in [-0.39, 0.29) is 0 Å². The number of nitrogens with one attached hydrogen (secondary N) is 1. The van der Waals surface area contributed by atoms with E-state index in [1.807, 2.05) is 18.2 Å². The van der Waals surface area contributed by atoms with Crippen LogP contribution in [0.25, 0.3) is 0 Å². The van der Waals surface area contributed by atoms with E-state index in [1.54, 1.807) is 0 Å². The van der Waals surface area contributed by atoms with Crippen LogP contribution in [0.2, 0.25) is 0 Å². The van der Waals surface area contributed by atoms with Crippen molar-refractivity contribution >= 4 is 0 Å². The Hall–Kier alpha value is -1.06. The van der Waals surface area contributed by atoms with Crippen LogP contribution in [-0.4, -0.2) is 23.4 Å². The first-order valence-electron chi connectivity index (χ1n) is 7.42. The maximum atomic E-state index is 10.3. The Kier molecular flexibility index (Phi) is 3.76. The number of hydrogen-bond donors (Lipinski definition) is 2. The molecule has 0 aromatic heterocycles. The monoisotopic (exact) mass is 261 g/mol. The van der Waals surface area contributed by atoms with Gasteiger partial charge in [-0.05, 0) is 31.7 Å². The maximum Gasteiger partial charge on any atom is 0.123 e. The number of benzene rings is 1. The lowest BCUT2D eigenvalue weighted by molar-refractivity contribution is 0.00111. The van der Waals surface area contributed by atoms with Crippen LogP contribution in [0.5, 0.6) is 5.75 Å². The molecular formula is C16H23NO2. The summed E-state index contributed by atoms with van der Waals surface area (Å²) in [5.41, 5.74) is 0.591. The molecule has 0 radical (unpaired) electrons. The summed E-state index contributed by atoms with van der Waals surface area (Å²) in [6, 6.07) is 8.84. The molecule has 104 valence electrons. The van der Waals surface area contributed by atoms with Crippen molar-refractivity contribution in [1.82, 2.24) is 5.32 Å². The zero-order valence-corrected chi connectivity index (χ0v) is 11.4. The summed E-state index contributed by atoms with van der Waals surface area (Å²) >= 11 is 0. The minimum Gasteiger partial charge on any atom is -0.490 e. The van der Waals surface area contributed by atoms with Crippen LogP contribution in [0.1, 0.15) is 44.1 Å². The van der Waals surface area contributed by atoms with E-state index in [9.17, 15) is 5.11 Å². The van der Waals surface area contributed by atoms with E-state index < -0.39 is 5.60 Å². The molecule has 19 heavy (non-hydrogen) atoms. The SMILES string of the molecule is OC1(COc2ccccc2CNC2CC2)CCCC1. The van der Waals surface area contributed by atoms with Gasteiger partial charge >= 0.3 is 0 Å². The fourth-order valence-corrected chi connectivity index (χ4v) is 2.72. The van der Waals surface area contributed by atoms with Crippen molar-refractivity contribution in [3.63, 3.8) is 0 Å². The minimum atomic E-state index is -0.600. The number of aliphatic hydroxyl groups is 1. The largest absolute Gasteiger partial charge is 0.490 e. The van der Waals surface area contributed by atoms with Gasteiger partial charge in [-0.15, -0.1) is 0 Å². The van der Waals surface area contributed by atoms with Crippen molar-refractivity contribution in [3.05, 3.63) is 29.8 Å². The van der Waals surface area contributed by atoms with Gasteiger partial charge in [0.1, 0.15) is 12.4 Å². The average Bonchev–Trinajstić information content (AvgIpc) is 3.16. The van der Waals surface area contributed by atoms with Gasteiger partial charge in [0.15, 0.2) is 0 Å². The second-order valence-corrected chi connectivity index (χ2v) is 5.98. The topological polar surface area (TPSA) is 41.5 Å². The van der Waals surface area contributed by atoms with Gasteiger partial charge in [-0.3, -0.25) is 0 Å². The highest BCUT2D eigenvalue weighted by molar-refractivity contribution is 5.33. The molecule has 0 heterocycles. The molecule has 0 aliphatic heterocycles. The van der Waals surface area contributed by atoms with Gasteiger partial charge in [-0.1, -0.05) is 31.0 Å². The molecule has 2 aliphatic carbocycles. The normalized spacial score (nSPS) is 21.5. The molecule has 2 N–H and O–H groups in total. The summed E-state index contributed by atoms with van der Waals surface area (Å²) in [6.07, 6.45) is 6.56. The molecule has 2 saturated carbocycles. The van der Waals surface area contributed by atoms with Gasteiger partial charge in [0.05, 0.1) is 5.60 Å². The fraction of sp³-hybridized carbons (Fsp3) is 0.625. The Morgan fingerprint density at radius 1 is 1.21 bits per heavy atom. The predicted molar refractivity (Wildman–Crippen MR) is 75.2 cm³/mol. The van der Waals surface area contributed by atoms with Crippen molar-refractivity contribution in [2.24, 2.45) is 0 Å². The van der Waals surface area contributed by atoms with Crippen molar-refractivity contribution in [1.29, 1.82) is 0 Å². The summed E-state index contributed by atoms with van der Waals surface area (Å²) in [6.45, 7) is 1.28. The molecule has 2 fully saturated rings. The highest BCUT2D eigenvalue weighted by Crippen LogP contribution is 2.31. The summed E-state index contributed by atoms with van der Waals surface area (Å²) in [4.78, 5) is 0. The van der Waals surface area contributed by atoms with Crippen LogP contribution in [0.4, 0.5) is 0 Å². The van der Waals surface area contributed by atoms with Crippen LogP contribution >= 0.6 is 0 Å². The van der Waals surface area contributed by atoms with Gasteiger partial charge in [-0.2, -0.15) is 0 Å². The third kappa shape index (κ3) is 3.48. The first-order valence-corrected chi connectivity index (χ1v) is 7.42. The van der Waals surface area contributed by atoms with Crippen LogP contribution in [-0.2, 0) is 6.54 Å². The van der Waals surface area contributed by atoms with Crippen molar-refractivity contribution in [2.75, 3.05) is 6.61 Å². The maximum absolute atomic E-state index is 10.3. The molecule has 0 amide bonds. The Bertz CT molecular complexity index is 423. The molecule has 3 heteroatoms. The van der Waals surface area contributed by atoms with E-state index in [2.05, 4.69) is 11.4 Å². The van der Waals surface area contributed by atoms with E-state index in [0.717, 1.165) is 38.0 Å². The first-order chi connectivity index (χ1) is 9.25. The zero-order valence-electron chi connectivity index (χ0n) is 11.4. The van der Waals surface area contributed by atoms with E-state index in [4.69, 9.17) is 4.74 Å². The molecule has 1 aromatic rings. The Morgan fingerprint density at radius 3 is 2.68 bits per heavy atom. The predicted octanol–water partition coefficient (Wildman–Crippen LogP) is 2.62. The molecule has 2 aliphatic rings. The van der Waals surface area contributed by atoms with E-state index in [1.165, 1.54) is 18.4 Å². The van der Waals surface area contributed by atoms with Gasteiger partial charge < -0.3 is 15.2 Å². The minimum absolute atomic E-state index is 0.424. The van der Waals surface area contributed by atoms with Crippen molar-refractivity contribution < 1.29 is 9.84 Å².